The molecule has 0 atom stereocenters. The molecule has 1 aromatic rings. The highest BCUT2D eigenvalue weighted by molar-refractivity contribution is 5.99. The van der Waals surface area contributed by atoms with E-state index in [4.69, 9.17) is 4.74 Å². The first-order valence-electron chi connectivity index (χ1n) is 8.75. The number of anilines is 1. The molecule has 0 aromatic carbocycles. The second-order valence-corrected chi connectivity index (χ2v) is 7.18. The summed E-state index contributed by atoms with van der Waals surface area (Å²) >= 11 is 0. The number of carbonyl (C=O) groups is 1. The number of carbonyl (C=O) groups excluding carboxylic acids is 1. The van der Waals surface area contributed by atoms with Crippen LogP contribution in [0.2, 0.25) is 0 Å². The van der Waals surface area contributed by atoms with Crippen molar-refractivity contribution in [1.82, 2.24) is 14.8 Å². The molecular weight excluding hydrogens is 304 g/mol. The molecule has 6 nitrogen and oxygen atoms in total. The topological polar surface area (TPSA) is 48.9 Å². The van der Waals surface area contributed by atoms with Crippen molar-refractivity contribution < 1.29 is 9.53 Å². The van der Waals surface area contributed by atoms with Gasteiger partial charge in [-0.25, -0.2) is 0 Å². The smallest absolute Gasteiger partial charge is 0.257 e. The number of hydrogen-bond acceptors (Lipinski definition) is 5. The van der Waals surface area contributed by atoms with Gasteiger partial charge in [-0.15, -0.1) is 0 Å². The average molecular weight is 332 g/mol. The van der Waals surface area contributed by atoms with Gasteiger partial charge >= 0.3 is 0 Å². The number of piperidine rings is 1. The maximum atomic E-state index is 12.9. The van der Waals surface area contributed by atoms with Gasteiger partial charge in [0.15, 0.2) is 0 Å². The van der Waals surface area contributed by atoms with Crippen molar-refractivity contribution in [2.75, 3.05) is 58.4 Å². The second-order valence-electron chi connectivity index (χ2n) is 7.18. The van der Waals surface area contributed by atoms with Crippen LogP contribution in [-0.2, 0) is 4.74 Å². The quantitative estimate of drug-likeness (QED) is 0.839. The molecule has 0 saturated carbocycles. The van der Waals surface area contributed by atoms with Crippen molar-refractivity contribution in [2.24, 2.45) is 0 Å². The van der Waals surface area contributed by atoms with Gasteiger partial charge in [-0.05, 0) is 25.8 Å². The Morgan fingerprint density at radius 1 is 1.21 bits per heavy atom. The zero-order valence-electron chi connectivity index (χ0n) is 15.0. The molecule has 0 radical (unpaired) electrons. The summed E-state index contributed by atoms with van der Waals surface area (Å²) in [5.74, 6) is 0.0934. The molecule has 3 heterocycles. The van der Waals surface area contributed by atoms with E-state index in [1.54, 1.807) is 12.4 Å². The molecule has 2 aliphatic rings. The first-order chi connectivity index (χ1) is 11.5. The van der Waals surface area contributed by atoms with Crippen molar-refractivity contribution in [3.05, 3.63) is 24.0 Å². The van der Waals surface area contributed by atoms with Crippen molar-refractivity contribution in [3.63, 3.8) is 0 Å². The molecule has 2 fully saturated rings. The molecule has 6 heteroatoms. The highest BCUT2D eigenvalue weighted by Crippen LogP contribution is 2.30. The Labute approximate surface area is 144 Å². The zero-order chi connectivity index (χ0) is 17.2. The lowest BCUT2D eigenvalue weighted by atomic mass is 9.87. The standard InChI is InChI=1S/C18H28N4O2/c1-18(22-10-12-24-13-11-22)5-8-21(9-6-18)17(23)15-14-19-7-4-16(15)20(2)3/h4,7,14H,5-6,8-13H2,1-3H3. The lowest BCUT2D eigenvalue weighted by Gasteiger charge is -2.48. The van der Waals surface area contributed by atoms with E-state index in [1.165, 1.54) is 0 Å². The summed E-state index contributed by atoms with van der Waals surface area (Å²) in [6.45, 7) is 7.56. The van der Waals surface area contributed by atoms with Gasteiger partial charge in [0.1, 0.15) is 0 Å². The normalized spacial score (nSPS) is 21.5. The lowest BCUT2D eigenvalue weighted by molar-refractivity contribution is -0.0372. The Morgan fingerprint density at radius 2 is 1.88 bits per heavy atom. The third-order valence-corrected chi connectivity index (χ3v) is 5.41. The van der Waals surface area contributed by atoms with Crippen LogP contribution < -0.4 is 4.90 Å². The summed E-state index contributed by atoms with van der Waals surface area (Å²) in [5.41, 5.74) is 1.80. The largest absolute Gasteiger partial charge is 0.379 e. The van der Waals surface area contributed by atoms with Crippen LogP contribution in [0.3, 0.4) is 0 Å². The summed E-state index contributed by atoms with van der Waals surface area (Å²) in [5, 5.41) is 0. The number of ether oxygens (including phenoxy) is 1. The van der Waals surface area contributed by atoms with Crippen LogP contribution in [0.1, 0.15) is 30.1 Å². The Hall–Kier alpha value is -1.66. The molecule has 132 valence electrons. The summed E-state index contributed by atoms with van der Waals surface area (Å²) < 4.78 is 5.47. The molecule has 0 aliphatic carbocycles. The van der Waals surface area contributed by atoms with Gasteiger partial charge in [-0.2, -0.15) is 0 Å². The van der Waals surface area contributed by atoms with E-state index in [0.717, 1.165) is 57.9 Å². The minimum absolute atomic E-state index is 0.0934. The van der Waals surface area contributed by atoms with Crippen LogP contribution in [0.5, 0.6) is 0 Å². The molecular formula is C18H28N4O2. The molecule has 1 amide bonds. The first kappa shape index (κ1) is 17.2. The number of rotatable bonds is 3. The van der Waals surface area contributed by atoms with Crippen LogP contribution in [-0.4, -0.2) is 79.7 Å². The predicted molar refractivity (Wildman–Crippen MR) is 94.5 cm³/mol. The van der Waals surface area contributed by atoms with Gasteiger partial charge in [-0.1, -0.05) is 0 Å². The molecule has 0 N–H and O–H groups in total. The highest BCUT2D eigenvalue weighted by Gasteiger charge is 2.37. The Bertz CT molecular complexity index is 576. The number of aromatic nitrogens is 1. The minimum Gasteiger partial charge on any atom is -0.379 e. The molecule has 3 rings (SSSR count). The van der Waals surface area contributed by atoms with Crippen molar-refractivity contribution in [2.45, 2.75) is 25.3 Å². The summed E-state index contributed by atoms with van der Waals surface area (Å²) in [6.07, 6.45) is 5.44. The number of hydrogen-bond donors (Lipinski definition) is 0. The van der Waals surface area contributed by atoms with Gasteiger partial charge < -0.3 is 14.5 Å². The van der Waals surface area contributed by atoms with Crippen molar-refractivity contribution in [1.29, 1.82) is 0 Å². The van der Waals surface area contributed by atoms with Gasteiger partial charge in [0.05, 0.1) is 24.5 Å². The van der Waals surface area contributed by atoms with Crippen LogP contribution in [0, 0.1) is 0 Å². The Kier molecular flexibility index (Phi) is 5.06. The third kappa shape index (κ3) is 3.39. The van der Waals surface area contributed by atoms with E-state index in [-0.39, 0.29) is 11.4 Å². The lowest BCUT2D eigenvalue weighted by Crippen LogP contribution is -2.57. The van der Waals surface area contributed by atoms with E-state index in [0.29, 0.717) is 5.56 Å². The number of pyridine rings is 1. The van der Waals surface area contributed by atoms with E-state index in [1.807, 2.05) is 30.0 Å². The molecule has 2 saturated heterocycles. The average Bonchev–Trinajstić information content (AvgIpc) is 2.62. The van der Waals surface area contributed by atoms with E-state index < -0.39 is 0 Å². The van der Waals surface area contributed by atoms with Crippen LogP contribution in [0.25, 0.3) is 0 Å². The van der Waals surface area contributed by atoms with Gasteiger partial charge in [-0.3, -0.25) is 14.7 Å². The Morgan fingerprint density at radius 3 is 2.50 bits per heavy atom. The van der Waals surface area contributed by atoms with Crippen LogP contribution >= 0.6 is 0 Å². The minimum atomic E-state index is 0.0934. The molecule has 0 unspecified atom stereocenters. The number of morpholine rings is 1. The number of likely N-dealkylation sites (tertiary alicyclic amines) is 1. The zero-order valence-corrected chi connectivity index (χ0v) is 15.0. The number of amides is 1. The molecule has 2 aliphatic heterocycles. The monoisotopic (exact) mass is 332 g/mol. The van der Waals surface area contributed by atoms with Gasteiger partial charge in [0, 0.05) is 58.2 Å². The third-order valence-electron chi connectivity index (χ3n) is 5.41. The first-order valence-corrected chi connectivity index (χ1v) is 8.75. The van der Waals surface area contributed by atoms with Gasteiger partial charge in [0.2, 0.25) is 0 Å². The summed E-state index contributed by atoms with van der Waals surface area (Å²) in [6, 6.07) is 1.90. The fourth-order valence-corrected chi connectivity index (χ4v) is 3.72. The van der Waals surface area contributed by atoms with Crippen LogP contribution in [0.15, 0.2) is 18.5 Å². The Balaban J connectivity index is 1.67. The molecule has 1 aromatic heterocycles. The van der Waals surface area contributed by atoms with E-state index in [9.17, 15) is 4.79 Å². The van der Waals surface area contributed by atoms with Crippen molar-refractivity contribution in [3.8, 4) is 0 Å². The maximum absolute atomic E-state index is 12.9. The number of nitrogens with zero attached hydrogens (tertiary/aromatic N) is 4. The fourth-order valence-electron chi connectivity index (χ4n) is 3.72. The van der Waals surface area contributed by atoms with Crippen LogP contribution in [0.4, 0.5) is 5.69 Å². The summed E-state index contributed by atoms with van der Waals surface area (Å²) in [4.78, 5) is 23.6. The molecule has 0 spiro atoms. The fraction of sp³-hybridized carbons (Fsp3) is 0.667. The maximum Gasteiger partial charge on any atom is 0.257 e. The molecule has 0 bridgehead atoms. The van der Waals surface area contributed by atoms with Crippen molar-refractivity contribution >= 4 is 11.6 Å². The van der Waals surface area contributed by atoms with E-state index in [2.05, 4.69) is 16.8 Å². The predicted octanol–water partition coefficient (Wildman–Crippen LogP) is 1.47. The highest BCUT2D eigenvalue weighted by atomic mass is 16.5. The SMILES string of the molecule is CN(C)c1ccncc1C(=O)N1CCC(C)(N2CCOCC2)CC1. The second kappa shape index (κ2) is 7.07. The van der Waals surface area contributed by atoms with Gasteiger partial charge in [0.25, 0.3) is 5.91 Å². The molecule has 24 heavy (non-hydrogen) atoms. The summed E-state index contributed by atoms with van der Waals surface area (Å²) in [7, 11) is 3.91. The van der Waals surface area contributed by atoms with E-state index >= 15 is 0 Å².